The molecule has 0 unspecified atom stereocenters. The largest absolute Gasteiger partial charge is 0.496 e. The molecule has 0 aliphatic carbocycles. The van der Waals surface area contributed by atoms with Crippen LogP contribution in [0.25, 0.3) is 11.1 Å². The molecule has 1 fully saturated rings. The molecule has 0 saturated carbocycles. The van der Waals surface area contributed by atoms with Crippen molar-refractivity contribution in [2.75, 3.05) is 18.2 Å². The monoisotopic (exact) mass is 752 g/mol. The van der Waals surface area contributed by atoms with Gasteiger partial charge in [-0.3, -0.25) is 0 Å². The Labute approximate surface area is 326 Å². The number of ether oxygens (including phenoxy) is 4. The van der Waals surface area contributed by atoms with E-state index in [1.807, 2.05) is 121 Å². The van der Waals surface area contributed by atoms with Gasteiger partial charge in [0.2, 0.25) is 0 Å². The Hall–Kier alpha value is -5.58. The van der Waals surface area contributed by atoms with Crippen molar-refractivity contribution in [2.45, 2.75) is 43.5 Å². The minimum absolute atomic E-state index is 0.0109. The first-order chi connectivity index (χ1) is 26.9. The van der Waals surface area contributed by atoms with Gasteiger partial charge < -0.3 is 34.7 Å². The molecule has 0 spiro atoms. The molecule has 280 valence electrons. The number of hydrogen-bond acceptors (Lipinski definition) is 7. The van der Waals surface area contributed by atoms with Crippen LogP contribution in [0.4, 0.5) is 10.5 Å². The maximum absolute atomic E-state index is 12.8. The summed E-state index contributed by atoms with van der Waals surface area (Å²) >= 11 is 1.71. The first-order valence-corrected chi connectivity index (χ1v) is 19.3. The molecular weight excluding hydrogens is 709 g/mol. The molecule has 1 aliphatic rings. The second-order valence-corrected chi connectivity index (χ2v) is 14.4. The number of para-hydroxylation sites is 2. The predicted molar refractivity (Wildman–Crippen MR) is 217 cm³/mol. The second-order valence-electron chi connectivity index (χ2n) is 13.4. The highest BCUT2D eigenvalue weighted by Gasteiger charge is 2.38. The molecule has 55 heavy (non-hydrogen) atoms. The molecule has 1 saturated heterocycles. The fourth-order valence-corrected chi connectivity index (χ4v) is 7.73. The third kappa shape index (κ3) is 9.75. The van der Waals surface area contributed by atoms with Crippen LogP contribution < -0.4 is 20.1 Å². The minimum atomic E-state index is -0.602. The van der Waals surface area contributed by atoms with E-state index in [1.165, 1.54) is 0 Å². The van der Waals surface area contributed by atoms with Gasteiger partial charge in [0, 0.05) is 34.4 Å². The zero-order valence-electron chi connectivity index (χ0n) is 30.8. The van der Waals surface area contributed by atoms with Crippen molar-refractivity contribution in [3.8, 4) is 28.4 Å². The van der Waals surface area contributed by atoms with Crippen molar-refractivity contribution in [3.05, 3.63) is 174 Å². The van der Waals surface area contributed by atoms with E-state index in [4.69, 9.17) is 18.9 Å². The lowest BCUT2D eigenvalue weighted by atomic mass is 9.91. The number of benzene rings is 6. The maximum Gasteiger partial charge on any atom is 0.319 e. The Balaban J connectivity index is 1.03. The van der Waals surface area contributed by atoms with Crippen LogP contribution in [0.5, 0.6) is 17.2 Å². The highest BCUT2D eigenvalue weighted by molar-refractivity contribution is 7.99. The number of aliphatic hydroxyl groups is 1. The first kappa shape index (κ1) is 37.7. The molecule has 2 amide bonds. The van der Waals surface area contributed by atoms with Crippen molar-refractivity contribution >= 4 is 23.5 Å². The standard InChI is InChI=1S/C46H44N2O6S/c1-31-42(30-55-43-17-7-6-16-41(43)51-2)53-45(54-44(31)34-20-18-32(29-49)19-21-34)37-13-9-12-36(27-37)35-11-8-10-33(26-35)28-47-46(50)48-38-22-24-40(25-23-38)52-39-14-4-3-5-15-39/h3-27,31,42,44-45,49H,28-30H2,1-2H3,(H2,47,48,50)/t31-,42+,44+,45+/m1/s1. The summed E-state index contributed by atoms with van der Waals surface area (Å²) in [7, 11) is 1.69. The number of methoxy groups -OCH3 is 1. The van der Waals surface area contributed by atoms with E-state index in [0.29, 0.717) is 23.7 Å². The zero-order valence-corrected chi connectivity index (χ0v) is 31.6. The number of amides is 2. The Morgan fingerprint density at radius 1 is 0.727 bits per heavy atom. The Morgan fingerprint density at radius 2 is 1.44 bits per heavy atom. The average Bonchev–Trinajstić information content (AvgIpc) is 3.24. The van der Waals surface area contributed by atoms with Gasteiger partial charge >= 0.3 is 6.03 Å². The quantitative estimate of drug-likeness (QED) is 0.101. The number of hydrogen-bond donors (Lipinski definition) is 3. The molecule has 0 aromatic heterocycles. The summed E-state index contributed by atoms with van der Waals surface area (Å²) < 4.78 is 25.0. The third-order valence-corrected chi connectivity index (χ3v) is 10.7. The first-order valence-electron chi connectivity index (χ1n) is 18.3. The molecule has 6 aromatic carbocycles. The fraction of sp³-hybridized carbons (Fsp3) is 0.196. The number of anilines is 1. The lowest BCUT2D eigenvalue weighted by Gasteiger charge is -2.41. The summed E-state index contributed by atoms with van der Waals surface area (Å²) in [5.74, 6) is 3.04. The summed E-state index contributed by atoms with van der Waals surface area (Å²) in [6.45, 7) is 2.51. The smallest absolute Gasteiger partial charge is 0.319 e. The Kier molecular flexibility index (Phi) is 12.5. The normalized spacial score (nSPS) is 17.9. The molecule has 0 radical (unpaired) electrons. The molecular formula is C46H44N2O6S. The zero-order chi connectivity index (χ0) is 38.0. The maximum atomic E-state index is 12.8. The van der Waals surface area contributed by atoms with Gasteiger partial charge in [-0.2, -0.15) is 0 Å². The van der Waals surface area contributed by atoms with Crippen LogP contribution in [-0.2, 0) is 22.6 Å². The van der Waals surface area contributed by atoms with Gasteiger partial charge in [0.05, 0.1) is 25.9 Å². The van der Waals surface area contributed by atoms with Crippen molar-refractivity contribution in [1.29, 1.82) is 0 Å². The summed E-state index contributed by atoms with van der Waals surface area (Å²) in [6.07, 6.45) is -0.949. The summed E-state index contributed by atoms with van der Waals surface area (Å²) in [5.41, 5.74) is 6.46. The minimum Gasteiger partial charge on any atom is -0.496 e. The van der Waals surface area contributed by atoms with Crippen LogP contribution in [-0.4, -0.2) is 30.1 Å². The van der Waals surface area contributed by atoms with Gasteiger partial charge in [-0.15, -0.1) is 11.8 Å². The molecule has 9 heteroatoms. The average molecular weight is 753 g/mol. The summed E-state index contributed by atoms with van der Waals surface area (Å²) in [6, 6.07) is 48.9. The number of carbonyl (C=O) groups is 1. The van der Waals surface area contributed by atoms with Crippen molar-refractivity contribution < 1.29 is 28.8 Å². The number of thioether (sulfide) groups is 1. The van der Waals surface area contributed by atoms with Crippen LogP contribution in [0.3, 0.4) is 0 Å². The Morgan fingerprint density at radius 3 is 2.20 bits per heavy atom. The van der Waals surface area contributed by atoms with E-state index in [2.05, 4.69) is 47.9 Å². The molecule has 4 atom stereocenters. The Bertz CT molecular complexity index is 2160. The molecule has 8 nitrogen and oxygen atoms in total. The van der Waals surface area contributed by atoms with Gasteiger partial charge in [-0.25, -0.2) is 4.79 Å². The molecule has 1 heterocycles. The van der Waals surface area contributed by atoms with Crippen LogP contribution in [0.1, 0.15) is 41.6 Å². The number of rotatable bonds is 13. The van der Waals surface area contributed by atoms with Crippen molar-refractivity contribution in [3.63, 3.8) is 0 Å². The number of aliphatic hydroxyl groups excluding tert-OH is 1. The number of nitrogens with one attached hydrogen (secondary N) is 2. The van der Waals surface area contributed by atoms with Crippen LogP contribution in [0.2, 0.25) is 0 Å². The predicted octanol–water partition coefficient (Wildman–Crippen LogP) is 10.6. The highest BCUT2D eigenvalue weighted by Crippen LogP contribution is 2.44. The molecule has 3 N–H and O–H groups in total. The number of carbonyl (C=O) groups excluding carboxylic acids is 1. The highest BCUT2D eigenvalue weighted by atomic mass is 32.2. The van der Waals surface area contributed by atoms with E-state index in [1.54, 1.807) is 18.9 Å². The van der Waals surface area contributed by atoms with E-state index >= 15 is 0 Å². The fourth-order valence-electron chi connectivity index (χ4n) is 6.53. The second kappa shape index (κ2) is 18.2. The lowest BCUT2D eigenvalue weighted by Crippen LogP contribution is -2.38. The van der Waals surface area contributed by atoms with Gasteiger partial charge in [0.25, 0.3) is 0 Å². The molecule has 7 rings (SSSR count). The van der Waals surface area contributed by atoms with Gasteiger partial charge in [-0.1, -0.05) is 97.9 Å². The molecule has 0 bridgehead atoms. The van der Waals surface area contributed by atoms with Crippen LogP contribution in [0.15, 0.2) is 157 Å². The van der Waals surface area contributed by atoms with E-state index in [0.717, 1.165) is 49.8 Å². The van der Waals surface area contributed by atoms with E-state index in [-0.39, 0.29) is 30.8 Å². The van der Waals surface area contributed by atoms with Gasteiger partial charge in [0.1, 0.15) is 17.2 Å². The van der Waals surface area contributed by atoms with Gasteiger partial charge in [-0.05, 0) is 88.5 Å². The lowest BCUT2D eigenvalue weighted by molar-refractivity contribution is -0.268. The van der Waals surface area contributed by atoms with Crippen LogP contribution in [0, 0.1) is 5.92 Å². The topological polar surface area (TPSA) is 98.3 Å². The number of urea groups is 1. The van der Waals surface area contributed by atoms with Crippen molar-refractivity contribution in [2.24, 2.45) is 5.92 Å². The third-order valence-electron chi connectivity index (χ3n) is 9.56. The summed E-state index contributed by atoms with van der Waals surface area (Å²) in [4.78, 5) is 13.9. The van der Waals surface area contributed by atoms with Gasteiger partial charge in [0.15, 0.2) is 6.29 Å². The molecule has 6 aromatic rings. The SMILES string of the molecule is COc1ccccc1SC[C@@H]1O[C@H](c2cccc(-c3cccc(CNC(=O)Nc4ccc(Oc5ccccc5)cc4)c3)c2)O[C@H](c2ccc(CO)cc2)[C@@H]1C. The van der Waals surface area contributed by atoms with Crippen molar-refractivity contribution in [1.82, 2.24) is 5.32 Å². The van der Waals surface area contributed by atoms with E-state index < -0.39 is 6.29 Å². The summed E-state index contributed by atoms with van der Waals surface area (Å²) in [5, 5.41) is 15.5. The van der Waals surface area contributed by atoms with E-state index in [9.17, 15) is 9.90 Å². The van der Waals surface area contributed by atoms with Crippen LogP contribution >= 0.6 is 11.8 Å². The molecule has 1 aliphatic heterocycles.